The molecule has 0 amide bonds. The summed E-state index contributed by atoms with van der Waals surface area (Å²) in [5.74, 6) is -0.290. The molecule has 1 N–H and O–H groups in total. The molecule has 0 unspecified atom stereocenters. The number of aryl methyl sites for hydroxylation is 3. The van der Waals surface area contributed by atoms with Gasteiger partial charge in [-0.3, -0.25) is 4.68 Å². The number of hydrogen-bond acceptors (Lipinski definition) is 2. The predicted octanol–water partition coefficient (Wildman–Crippen LogP) is 4.20. The van der Waals surface area contributed by atoms with Crippen LogP contribution in [0.4, 0.5) is 10.1 Å². The molecular formula is C13H14BrClFN3. The second kappa shape index (κ2) is 5.51. The first-order valence-electron chi connectivity index (χ1n) is 5.77. The van der Waals surface area contributed by atoms with Crippen molar-refractivity contribution in [1.29, 1.82) is 0 Å². The Bertz CT molecular complexity index is 625. The molecule has 6 heteroatoms. The molecule has 19 heavy (non-hydrogen) atoms. The summed E-state index contributed by atoms with van der Waals surface area (Å²) in [6.07, 6.45) is 0. The molecule has 1 aromatic heterocycles. The Morgan fingerprint density at radius 2 is 2.11 bits per heavy atom. The van der Waals surface area contributed by atoms with Gasteiger partial charge in [-0.2, -0.15) is 5.10 Å². The molecule has 0 radical (unpaired) electrons. The zero-order valence-electron chi connectivity index (χ0n) is 10.9. The van der Waals surface area contributed by atoms with Crippen LogP contribution < -0.4 is 5.32 Å². The highest BCUT2D eigenvalue weighted by molar-refractivity contribution is 9.10. The number of hydrogen-bond donors (Lipinski definition) is 1. The molecule has 2 rings (SSSR count). The van der Waals surface area contributed by atoms with E-state index in [-0.39, 0.29) is 5.82 Å². The number of aromatic nitrogens is 2. The van der Waals surface area contributed by atoms with E-state index in [0.29, 0.717) is 16.2 Å². The number of rotatable bonds is 3. The second-order valence-electron chi connectivity index (χ2n) is 4.41. The van der Waals surface area contributed by atoms with Crippen LogP contribution in [-0.4, -0.2) is 9.78 Å². The van der Waals surface area contributed by atoms with E-state index in [1.807, 2.05) is 13.8 Å². The molecule has 0 saturated heterocycles. The largest absolute Gasteiger partial charge is 0.380 e. The average molecular weight is 347 g/mol. The lowest BCUT2D eigenvalue weighted by Gasteiger charge is -2.10. The molecule has 1 heterocycles. The number of halogens is 3. The molecule has 102 valence electrons. The third-order valence-corrected chi connectivity index (χ3v) is 4.07. The van der Waals surface area contributed by atoms with E-state index in [4.69, 9.17) is 11.6 Å². The maximum atomic E-state index is 13.5. The van der Waals surface area contributed by atoms with E-state index in [0.717, 1.165) is 22.5 Å². The first-order chi connectivity index (χ1) is 8.90. The zero-order valence-corrected chi connectivity index (χ0v) is 13.2. The van der Waals surface area contributed by atoms with Gasteiger partial charge in [-0.25, -0.2) is 4.39 Å². The fourth-order valence-electron chi connectivity index (χ4n) is 1.90. The van der Waals surface area contributed by atoms with Gasteiger partial charge in [0, 0.05) is 24.8 Å². The number of nitrogens with zero attached hydrogens (tertiary/aromatic N) is 2. The van der Waals surface area contributed by atoms with Gasteiger partial charge in [0.15, 0.2) is 0 Å². The molecule has 0 aliphatic rings. The monoisotopic (exact) mass is 345 g/mol. The van der Waals surface area contributed by atoms with Gasteiger partial charge in [0.25, 0.3) is 0 Å². The number of nitrogens with one attached hydrogen (secondary N) is 1. The van der Waals surface area contributed by atoms with Crippen molar-refractivity contribution in [2.75, 3.05) is 5.32 Å². The normalized spacial score (nSPS) is 10.8. The van der Waals surface area contributed by atoms with Gasteiger partial charge in [-0.05, 0) is 47.5 Å². The van der Waals surface area contributed by atoms with Gasteiger partial charge in [0.2, 0.25) is 0 Å². The van der Waals surface area contributed by atoms with Crippen molar-refractivity contribution in [1.82, 2.24) is 9.78 Å². The van der Waals surface area contributed by atoms with Gasteiger partial charge in [0.1, 0.15) is 11.0 Å². The van der Waals surface area contributed by atoms with Crippen LogP contribution in [0.3, 0.4) is 0 Å². The van der Waals surface area contributed by atoms with Crippen LogP contribution in [0, 0.1) is 19.7 Å². The van der Waals surface area contributed by atoms with E-state index >= 15 is 0 Å². The first-order valence-corrected chi connectivity index (χ1v) is 6.94. The standard InChI is InChI=1S/C13H14BrClFN3/c1-7-4-10(14)11(16)5-12(7)17-6-9-8(2)18-19(3)13(9)15/h4-5,17H,6H2,1-3H3. The van der Waals surface area contributed by atoms with Gasteiger partial charge in [-0.15, -0.1) is 0 Å². The summed E-state index contributed by atoms with van der Waals surface area (Å²) < 4.78 is 15.6. The second-order valence-corrected chi connectivity index (χ2v) is 5.63. The van der Waals surface area contributed by atoms with Gasteiger partial charge < -0.3 is 5.32 Å². The minimum absolute atomic E-state index is 0.290. The van der Waals surface area contributed by atoms with Gasteiger partial charge in [-0.1, -0.05) is 11.6 Å². The Hall–Kier alpha value is -1.07. The minimum Gasteiger partial charge on any atom is -0.380 e. The Kier molecular flexibility index (Phi) is 4.16. The highest BCUT2D eigenvalue weighted by Gasteiger charge is 2.12. The summed E-state index contributed by atoms with van der Waals surface area (Å²) in [6, 6.07) is 3.22. The Morgan fingerprint density at radius 3 is 2.68 bits per heavy atom. The third kappa shape index (κ3) is 2.92. The van der Waals surface area contributed by atoms with Crippen LogP contribution in [0.2, 0.25) is 5.15 Å². The summed E-state index contributed by atoms with van der Waals surface area (Å²) in [6.45, 7) is 4.34. The maximum Gasteiger partial charge on any atom is 0.139 e. The third-order valence-electron chi connectivity index (χ3n) is 2.99. The molecule has 0 fully saturated rings. The molecule has 1 aromatic carbocycles. The zero-order chi connectivity index (χ0) is 14.2. The molecule has 0 saturated carbocycles. The van der Waals surface area contributed by atoms with Crippen LogP contribution in [0.1, 0.15) is 16.8 Å². The van der Waals surface area contributed by atoms with Crippen LogP contribution >= 0.6 is 27.5 Å². The average Bonchev–Trinajstić information content (AvgIpc) is 2.57. The van der Waals surface area contributed by atoms with Gasteiger partial charge >= 0.3 is 0 Å². The Morgan fingerprint density at radius 1 is 1.42 bits per heavy atom. The van der Waals surface area contributed by atoms with Crippen LogP contribution in [0.25, 0.3) is 0 Å². The molecule has 0 aliphatic carbocycles. The maximum absolute atomic E-state index is 13.5. The summed E-state index contributed by atoms with van der Waals surface area (Å²) in [5.41, 5.74) is 3.51. The topological polar surface area (TPSA) is 29.9 Å². The summed E-state index contributed by atoms with van der Waals surface area (Å²) >= 11 is 9.32. The van der Waals surface area contributed by atoms with Crippen LogP contribution in [0.15, 0.2) is 16.6 Å². The SMILES string of the molecule is Cc1cc(Br)c(F)cc1NCc1c(C)nn(C)c1Cl. The molecule has 0 aliphatic heterocycles. The highest BCUT2D eigenvalue weighted by atomic mass is 79.9. The fourth-order valence-corrected chi connectivity index (χ4v) is 2.59. The van der Waals surface area contributed by atoms with E-state index in [2.05, 4.69) is 26.3 Å². The molecule has 0 bridgehead atoms. The van der Waals surface area contributed by atoms with Crippen molar-refractivity contribution in [2.24, 2.45) is 7.05 Å². The van der Waals surface area contributed by atoms with Crippen molar-refractivity contribution in [3.8, 4) is 0 Å². The number of anilines is 1. The Balaban J connectivity index is 2.21. The minimum atomic E-state index is -0.290. The lowest BCUT2D eigenvalue weighted by molar-refractivity contribution is 0.621. The molecule has 2 aromatic rings. The fraction of sp³-hybridized carbons (Fsp3) is 0.308. The Labute approximate surface area is 124 Å². The quantitative estimate of drug-likeness (QED) is 0.902. The molecule has 3 nitrogen and oxygen atoms in total. The summed E-state index contributed by atoms with van der Waals surface area (Å²) in [4.78, 5) is 0. The predicted molar refractivity (Wildman–Crippen MR) is 79.1 cm³/mol. The first kappa shape index (κ1) is 14.3. The lowest BCUT2D eigenvalue weighted by Crippen LogP contribution is -2.03. The molecular weight excluding hydrogens is 333 g/mol. The van der Waals surface area contributed by atoms with E-state index < -0.39 is 0 Å². The van der Waals surface area contributed by atoms with Crippen molar-refractivity contribution >= 4 is 33.2 Å². The van der Waals surface area contributed by atoms with Crippen LogP contribution in [0.5, 0.6) is 0 Å². The summed E-state index contributed by atoms with van der Waals surface area (Å²) in [5, 5.41) is 8.03. The van der Waals surface area contributed by atoms with Gasteiger partial charge in [0.05, 0.1) is 10.2 Å². The van der Waals surface area contributed by atoms with E-state index in [9.17, 15) is 4.39 Å². The highest BCUT2D eigenvalue weighted by Crippen LogP contribution is 2.26. The van der Waals surface area contributed by atoms with E-state index in [1.165, 1.54) is 6.07 Å². The smallest absolute Gasteiger partial charge is 0.139 e. The van der Waals surface area contributed by atoms with Crippen molar-refractivity contribution in [3.05, 3.63) is 44.4 Å². The van der Waals surface area contributed by atoms with Crippen molar-refractivity contribution < 1.29 is 4.39 Å². The lowest BCUT2D eigenvalue weighted by atomic mass is 10.2. The summed E-state index contributed by atoms with van der Waals surface area (Å²) in [7, 11) is 1.80. The van der Waals surface area contributed by atoms with Crippen LogP contribution in [-0.2, 0) is 13.6 Å². The van der Waals surface area contributed by atoms with Crippen molar-refractivity contribution in [3.63, 3.8) is 0 Å². The molecule has 0 spiro atoms. The molecule has 0 atom stereocenters. The number of benzene rings is 1. The van der Waals surface area contributed by atoms with Crippen molar-refractivity contribution in [2.45, 2.75) is 20.4 Å². The van der Waals surface area contributed by atoms with E-state index in [1.54, 1.807) is 17.8 Å².